The zero-order chi connectivity index (χ0) is 29.1. The summed E-state index contributed by atoms with van der Waals surface area (Å²) in [5.74, 6) is 0.875. The number of hydrogen-bond acceptors (Lipinski definition) is 7. The summed E-state index contributed by atoms with van der Waals surface area (Å²) < 4.78 is 20.5. The van der Waals surface area contributed by atoms with E-state index in [9.17, 15) is 14.0 Å². The molecular weight excluding hydrogens is 539 g/mol. The van der Waals surface area contributed by atoms with Gasteiger partial charge >= 0.3 is 6.03 Å². The molecule has 2 aromatic heterocycles. The minimum atomic E-state index is -0.433. The van der Waals surface area contributed by atoms with Crippen LogP contribution in [0.5, 0.6) is 0 Å². The molecule has 4 heterocycles. The van der Waals surface area contributed by atoms with Gasteiger partial charge in [-0.2, -0.15) is 0 Å². The normalized spacial score (nSPS) is 14.6. The first kappa shape index (κ1) is 27.0. The van der Waals surface area contributed by atoms with Crippen LogP contribution in [-0.2, 0) is 11.4 Å². The number of anilines is 4. The number of halogens is 1. The zero-order valence-corrected chi connectivity index (χ0v) is 22.9. The number of ether oxygens (including phenoxy) is 1. The Labute approximate surface area is 241 Å². The number of urea groups is 1. The van der Waals surface area contributed by atoms with Crippen molar-refractivity contribution in [3.8, 4) is 0 Å². The molecule has 0 saturated carbocycles. The van der Waals surface area contributed by atoms with E-state index in [4.69, 9.17) is 4.74 Å². The summed E-state index contributed by atoms with van der Waals surface area (Å²) in [6.45, 7) is 4.65. The summed E-state index contributed by atoms with van der Waals surface area (Å²) in [5.41, 5.74) is 4.10. The molecule has 0 aliphatic carbocycles. The van der Waals surface area contributed by atoms with E-state index < -0.39 is 6.03 Å². The third-order valence-electron chi connectivity index (χ3n) is 7.08. The van der Waals surface area contributed by atoms with Gasteiger partial charge in [-0.1, -0.05) is 6.07 Å². The van der Waals surface area contributed by atoms with Crippen molar-refractivity contribution in [2.45, 2.75) is 13.6 Å². The predicted octanol–water partition coefficient (Wildman–Crippen LogP) is 4.73. The number of carbonyl (C=O) groups is 2. The Bertz CT molecular complexity index is 1630. The number of pyridine rings is 1. The van der Waals surface area contributed by atoms with Gasteiger partial charge in [0.25, 0.3) is 5.91 Å². The molecule has 2 aliphatic heterocycles. The molecule has 214 valence electrons. The molecular formula is C30H29FN8O3. The largest absolute Gasteiger partial charge is 0.378 e. The van der Waals surface area contributed by atoms with Gasteiger partial charge in [0.05, 0.1) is 24.5 Å². The summed E-state index contributed by atoms with van der Waals surface area (Å²) in [6.07, 6.45) is 7.14. The second-order valence-corrected chi connectivity index (χ2v) is 9.87. The quantitative estimate of drug-likeness (QED) is 0.308. The van der Waals surface area contributed by atoms with Crippen LogP contribution in [0.2, 0.25) is 0 Å². The summed E-state index contributed by atoms with van der Waals surface area (Å²) in [7, 11) is 0. The van der Waals surface area contributed by atoms with Crippen molar-refractivity contribution >= 4 is 40.5 Å². The maximum atomic E-state index is 13.2. The van der Waals surface area contributed by atoms with Crippen LogP contribution in [0.4, 0.5) is 32.1 Å². The van der Waals surface area contributed by atoms with Crippen LogP contribution < -0.4 is 20.9 Å². The molecule has 11 nitrogen and oxygen atoms in total. The summed E-state index contributed by atoms with van der Waals surface area (Å²) >= 11 is 0. The van der Waals surface area contributed by atoms with Crippen molar-refractivity contribution in [1.82, 2.24) is 19.4 Å². The van der Waals surface area contributed by atoms with Gasteiger partial charge in [0.15, 0.2) is 5.82 Å². The molecule has 3 N–H and O–H groups in total. The number of morpholine rings is 1. The van der Waals surface area contributed by atoms with E-state index in [-0.39, 0.29) is 11.7 Å². The highest BCUT2D eigenvalue weighted by molar-refractivity contribution is 6.00. The smallest absolute Gasteiger partial charge is 0.323 e. The SMILES string of the molecule is Cc1c(NC(=O)Nc2ccc(F)cc2)cccc1N1C=C(Nc2ccc(C(=O)N3CCOCC3)cn2)c2nccn2C1. The number of rotatable bonds is 6. The van der Waals surface area contributed by atoms with Gasteiger partial charge < -0.3 is 35.1 Å². The number of imidazole rings is 1. The Morgan fingerprint density at radius 1 is 0.976 bits per heavy atom. The van der Waals surface area contributed by atoms with Gasteiger partial charge in [-0.25, -0.2) is 19.2 Å². The number of nitrogens with zero attached hydrogens (tertiary/aromatic N) is 5. The highest BCUT2D eigenvalue weighted by Gasteiger charge is 2.22. The number of fused-ring (bicyclic) bond motifs is 1. The Morgan fingerprint density at radius 3 is 2.55 bits per heavy atom. The van der Waals surface area contributed by atoms with Gasteiger partial charge in [0.1, 0.15) is 18.3 Å². The number of nitrogens with one attached hydrogen (secondary N) is 3. The lowest BCUT2D eigenvalue weighted by Gasteiger charge is -2.30. The fourth-order valence-electron chi connectivity index (χ4n) is 4.89. The maximum Gasteiger partial charge on any atom is 0.323 e. The van der Waals surface area contributed by atoms with Crippen molar-refractivity contribution in [3.05, 3.63) is 102 Å². The Morgan fingerprint density at radius 2 is 1.79 bits per heavy atom. The summed E-state index contributed by atoms with van der Waals surface area (Å²) in [5, 5.41) is 8.94. The minimum absolute atomic E-state index is 0.0636. The fraction of sp³-hybridized carbons (Fsp3) is 0.200. The Balaban J connectivity index is 1.19. The van der Waals surface area contributed by atoms with Crippen LogP contribution in [0.3, 0.4) is 0 Å². The second kappa shape index (κ2) is 11.7. The molecule has 0 spiro atoms. The van der Waals surface area contributed by atoms with Gasteiger partial charge in [-0.05, 0) is 61.0 Å². The molecule has 1 fully saturated rings. The van der Waals surface area contributed by atoms with Crippen molar-refractivity contribution in [2.24, 2.45) is 0 Å². The highest BCUT2D eigenvalue weighted by atomic mass is 19.1. The van der Waals surface area contributed by atoms with Gasteiger partial charge in [0.2, 0.25) is 0 Å². The number of amides is 3. The van der Waals surface area contributed by atoms with Gasteiger partial charge in [-0.3, -0.25) is 4.79 Å². The first-order valence-corrected chi connectivity index (χ1v) is 13.5. The van der Waals surface area contributed by atoms with Crippen LogP contribution in [0.1, 0.15) is 21.7 Å². The minimum Gasteiger partial charge on any atom is -0.378 e. The molecule has 0 radical (unpaired) electrons. The number of aromatic nitrogens is 3. The first-order chi connectivity index (χ1) is 20.4. The monoisotopic (exact) mass is 568 g/mol. The fourth-order valence-corrected chi connectivity index (χ4v) is 4.89. The van der Waals surface area contributed by atoms with E-state index in [1.54, 1.807) is 29.4 Å². The van der Waals surface area contributed by atoms with E-state index in [1.165, 1.54) is 24.3 Å². The third-order valence-corrected chi connectivity index (χ3v) is 7.08. The molecule has 6 rings (SSSR count). The van der Waals surface area contributed by atoms with Crippen LogP contribution in [0, 0.1) is 12.7 Å². The van der Waals surface area contributed by atoms with Crippen LogP contribution >= 0.6 is 0 Å². The molecule has 42 heavy (non-hydrogen) atoms. The average Bonchev–Trinajstić information content (AvgIpc) is 3.49. The van der Waals surface area contributed by atoms with Crippen molar-refractivity contribution < 1.29 is 18.7 Å². The topological polar surface area (TPSA) is 117 Å². The second-order valence-electron chi connectivity index (χ2n) is 9.87. The molecule has 0 atom stereocenters. The van der Waals surface area contributed by atoms with Crippen LogP contribution in [0.15, 0.2) is 79.4 Å². The van der Waals surface area contributed by atoms with Gasteiger partial charge in [-0.15, -0.1) is 0 Å². The molecule has 0 unspecified atom stereocenters. The van der Waals surface area contributed by atoms with E-state index in [2.05, 4.69) is 25.9 Å². The van der Waals surface area contributed by atoms with Crippen molar-refractivity contribution in [1.29, 1.82) is 0 Å². The summed E-state index contributed by atoms with van der Waals surface area (Å²) in [6, 6.07) is 14.3. The van der Waals surface area contributed by atoms with Gasteiger partial charge in [0, 0.05) is 54.9 Å². The predicted molar refractivity (Wildman–Crippen MR) is 157 cm³/mol. The van der Waals surface area contributed by atoms with E-state index in [0.29, 0.717) is 55.7 Å². The molecule has 12 heteroatoms. The molecule has 0 bridgehead atoms. The lowest BCUT2D eigenvalue weighted by Crippen LogP contribution is -2.40. The summed E-state index contributed by atoms with van der Waals surface area (Å²) in [4.78, 5) is 38.3. The first-order valence-electron chi connectivity index (χ1n) is 13.5. The number of hydrogen-bond donors (Lipinski definition) is 3. The lowest BCUT2D eigenvalue weighted by molar-refractivity contribution is 0.0302. The zero-order valence-electron chi connectivity index (χ0n) is 22.9. The molecule has 1 saturated heterocycles. The van der Waals surface area contributed by atoms with Crippen LogP contribution in [-0.4, -0.2) is 57.7 Å². The highest BCUT2D eigenvalue weighted by Crippen LogP contribution is 2.32. The van der Waals surface area contributed by atoms with Crippen molar-refractivity contribution in [3.63, 3.8) is 0 Å². The molecule has 3 amide bonds. The maximum absolute atomic E-state index is 13.2. The van der Waals surface area contributed by atoms with E-state index in [1.807, 2.05) is 47.0 Å². The lowest BCUT2D eigenvalue weighted by atomic mass is 10.1. The Hall–Kier alpha value is -5.23. The van der Waals surface area contributed by atoms with Crippen molar-refractivity contribution in [2.75, 3.05) is 47.2 Å². The molecule has 4 aromatic rings. The number of carbonyl (C=O) groups excluding carboxylic acids is 2. The van der Waals surface area contributed by atoms with E-state index >= 15 is 0 Å². The average molecular weight is 569 g/mol. The standard InChI is InChI=1S/C30H29FN8O3/c1-20-24(36-30(41)34-23-8-6-22(31)7-9-23)3-2-4-26(20)39-18-25(28-32-11-12-38(28)19-39)35-27-10-5-21(17-33-27)29(40)37-13-15-42-16-14-37/h2-12,17-18H,13-16,19H2,1H3,(H,33,35)(H2,34,36,41). The molecule has 2 aliphatic rings. The van der Waals surface area contributed by atoms with E-state index in [0.717, 1.165) is 22.8 Å². The third kappa shape index (κ3) is 5.79. The number of benzene rings is 2. The Kier molecular flexibility index (Phi) is 7.52. The van der Waals surface area contributed by atoms with Crippen LogP contribution in [0.25, 0.3) is 5.70 Å². The molecule has 2 aromatic carbocycles.